The van der Waals surface area contributed by atoms with Gasteiger partial charge in [-0.1, -0.05) is 0 Å². The molecule has 0 rings (SSSR count). The molecule has 68 valence electrons. The van der Waals surface area contributed by atoms with Crippen molar-refractivity contribution in [3.63, 3.8) is 0 Å². The van der Waals surface area contributed by atoms with Crippen molar-refractivity contribution < 1.29 is 0 Å². The predicted molar refractivity (Wildman–Crippen MR) is 52.8 cm³/mol. The quantitative estimate of drug-likeness (QED) is 0.280. The van der Waals surface area contributed by atoms with Crippen LogP contribution in [0.15, 0.2) is 4.99 Å². The lowest BCUT2D eigenvalue weighted by molar-refractivity contribution is 0.721. The number of hydrogen-bond acceptors (Lipinski definition) is 1. The van der Waals surface area contributed by atoms with Crippen LogP contribution in [0.4, 0.5) is 0 Å². The number of nitrogens with zero attached hydrogens (tertiary/aromatic N) is 1. The maximum Gasteiger partial charge on any atom is 0.188 e. The Labute approximate surface area is 74.4 Å². The van der Waals surface area contributed by atoms with Crippen molar-refractivity contribution in [2.24, 2.45) is 10.7 Å². The fraction of sp³-hybridized carbons (Fsp3) is 0.667. The van der Waals surface area contributed by atoms with Gasteiger partial charge in [-0.3, -0.25) is 4.99 Å². The average Bonchev–Trinajstić information content (AvgIpc) is 1.97. The van der Waals surface area contributed by atoms with Gasteiger partial charge in [-0.15, -0.1) is 12.3 Å². The van der Waals surface area contributed by atoms with E-state index >= 15 is 0 Å². The first kappa shape index (κ1) is 10.8. The van der Waals surface area contributed by atoms with Gasteiger partial charge in [-0.2, -0.15) is 0 Å². The zero-order chi connectivity index (χ0) is 9.40. The first-order valence-corrected chi connectivity index (χ1v) is 4.16. The third kappa shape index (κ3) is 6.94. The summed E-state index contributed by atoms with van der Waals surface area (Å²) in [6, 6.07) is 0.335. The monoisotopic (exact) mass is 167 g/mol. The number of aliphatic imine (C=N–C) groups is 1. The number of hydrogen-bond donors (Lipinski definition) is 2. The van der Waals surface area contributed by atoms with E-state index in [0.29, 0.717) is 18.5 Å². The van der Waals surface area contributed by atoms with Crippen LogP contribution in [0, 0.1) is 12.3 Å². The highest BCUT2D eigenvalue weighted by Gasteiger charge is 1.92. The standard InChI is InChI=1S/C9H17N3/c1-4-5-6-7-11-9(10)12-8(2)3/h1,8H,5-7H2,2-3H3,(H3,10,11,12). The minimum Gasteiger partial charge on any atom is -0.370 e. The molecule has 3 N–H and O–H groups in total. The van der Waals surface area contributed by atoms with Crippen LogP contribution in [-0.2, 0) is 0 Å². The highest BCUT2D eigenvalue weighted by molar-refractivity contribution is 5.77. The molecule has 0 saturated carbocycles. The van der Waals surface area contributed by atoms with Crippen LogP contribution < -0.4 is 11.1 Å². The maximum atomic E-state index is 5.54. The van der Waals surface area contributed by atoms with E-state index in [4.69, 9.17) is 12.2 Å². The molecular weight excluding hydrogens is 150 g/mol. The van der Waals surface area contributed by atoms with Gasteiger partial charge in [-0.25, -0.2) is 0 Å². The largest absolute Gasteiger partial charge is 0.370 e. The van der Waals surface area contributed by atoms with Crippen LogP contribution in [0.1, 0.15) is 26.7 Å². The molecule has 12 heavy (non-hydrogen) atoms. The lowest BCUT2D eigenvalue weighted by atomic mass is 10.3. The summed E-state index contributed by atoms with van der Waals surface area (Å²) in [7, 11) is 0. The highest BCUT2D eigenvalue weighted by atomic mass is 15.1. The molecule has 0 aliphatic carbocycles. The first-order valence-electron chi connectivity index (χ1n) is 4.16. The van der Waals surface area contributed by atoms with E-state index in [1.54, 1.807) is 0 Å². The van der Waals surface area contributed by atoms with E-state index < -0.39 is 0 Å². The minimum absolute atomic E-state index is 0.335. The summed E-state index contributed by atoms with van der Waals surface area (Å²) in [6.45, 7) is 4.74. The smallest absolute Gasteiger partial charge is 0.188 e. The molecule has 0 radical (unpaired) electrons. The Morgan fingerprint density at radius 1 is 1.67 bits per heavy atom. The number of terminal acetylenes is 1. The van der Waals surface area contributed by atoms with Gasteiger partial charge in [0.15, 0.2) is 5.96 Å². The van der Waals surface area contributed by atoms with Gasteiger partial charge < -0.3 is 11.1 Å². The van der Waals surface area contributed by atoms with Gasteiger partial charge in [0.05, 0.1) is 0 Å². The van der Waals surface area contributed by atoms with E-state index in [-0.39, 0.29) is 0 Å². The van der Waals surface area contributed by atoms with E-state index in [1.807, 2.05) is 13.8 Å². The summed E-state index contributed by atoms with van der Waals surface area (Å²) in [4.78, 5) is 4.09. The van der Waals surface area contributed by atoms with Crippen molar-refractivity contribution in [1.29, 1.82) is 0 Å². The fourth-order valence-corrected chi connectivity index (χ4v) is 0.722. The number of rotatable bonds is 4. The molecule has 0 saturated heterocycles. The molecule has 0 aromatic heterocycles. The SMILES string of the molecule is C#CCCCN=C(N)NC(C)C. The summed E-state index contributed by atoms with van der Waals surface area (Å²) in [5.74, 6) is 3.05. The van der Waals surface area contributed by atoms with Gasteiger partial charge in [0.25, 0.3) is 0 Å². The summed E-state index contributed by atoms with van der Waals surface area (Å²) >= 11 is 0. The second kappa shape index (κ2) is 6.53. The normalized spacial score (nSPS) is 11.3. The van der Waals surface area contributed by atoms with Gasteiger partial charge in [0, 0.05) is 19.0 Å². The molecule has 0 bridgehead atoms. The molecule has 3 heteroatoms. The summed E-state index contributed by atoms with van der Waals surface area (Å²) in [6.07, 6.45) is 6.74. The Bertz CT molecular complexity index is 177. The Balaban J connectivity index is 3.49. The summed E-state index contributed by atoms with van der Waals surface area (Å²) < 4.78 is 0. The van der Waals surface area contributed by atoms with Crippen LogP contribution in [0.25, 0.3) is 0 Å². The summed E-state index contributed by atoms with van der Waals surface area (Å²) in [5.41, 5.74) is 5.54. The Hall–Kier alpha value is -1.17. The molecular formula is C9H17N3. The zero-order valence-electron chi connectivity index (χ0n) is 7.80. The second-order valence-electron chi connectivity index (χ2n) is 2.87. The third-order valence-corrected chi connectivity index (χ3v) is 1.20. The first-order chi connectivity index (χ1) is 5.66. The van der Waals surface area contributed by atoms with Crippen molar-refractivity contribution in [2.45, 2.75) is 32.7 Å². The molecule has 0 fully saturated rings. The fourth-order valence-electron chi connectivity index (χ4n) is 0.722. The van der Waals surface area contributed by atoms with Crippen LogP contribution in [0.3, 0.4) is 0 Å². The number of unbranched alkanes of at least 4 members (excludes halogenated alkanes) is 1. The summed E-state index contributed by atoms with van der Waals surface area (Å²) in [5, 5.41) is 3.00. The molecule has 0 unspecified atom stereocenters. The van der Waals surface area contributed by atoms with Gasteiger partial charge in [0.2, 0.25) is 0 Å². The van der Waals surface area contributed by atoms with Gasteiger partial charge in [0.1, 0.15) is 0 Å². The lowest BCUT2D eigenvalue weighted by Crippen LogP contribution is -2.36. The molecule has 3 nitrogen and oxygen atoms in total. The number of guanidine groups is 1. The van der Waals surface area contributed by atoms with Gasteiger partial charge >= 0.3 is 0 Å². The second-order valence-corrected chi connectivity index (χ2v) is 2.87. The molecule has 0 heterocycles. The van der Waals surface area contributed by atoms with Crippen LogP contribution in [0.2, 0.25) is 0 Å². The lowest BCUT2D eigenvalue weighted by Gasteiger charge is -2.07. The molecule has 0 spiro atoms. The molecule has 0 aromatic carbocycles. The van der Waals surface area contributed by atoms with Crippen LogP contribution in [-0.4, -0.2) is 18.5 Å². The Kier molecular flexibility index (Phi) is 5.90. The van der Waals surface area contributed by atoms with E-state index in [2.05, 4.69) is 16.2 Å². The molecule has 0 aliphatic rings. The van der Waals surface area contributed by atoms with E-state index in [0.717, 1.165) is 12.8 Å². The maximum absolute atomic E-state index is 5.54. The average molecular weight is 167 g/mol. The topological polar surface area (TPSA) is 50.4 Å². The van der Waals surface area contributed by atoms with Gasteiger partial charge in [-0.05, 0) is 20.3 Å². The minimum atomic E-state index is 0.335. The third-order valence-electron chi connectivity index (χ3n) is 1.20. The molecule has 0 atom stereocenters. The zero-order valence-corrected chi connectivity index (χ0v) is 7.80. The van der Waals surface area contributed by atoms with Crippen LogP contribution in [0.5, 0.6) is 0 Å². The Morgan fingerprint density at radius 2 is 2.33 bits per heavy atom. The van der Waals surface area contributed by atoms with Crippen molar-refractivity contribution in [1.82, 2.24) is 5.32 Å². The van der Waals surface area contributed by atoms with Crippen LogP contribution >= 0.6 is 0 Å². The molecule has 0 aliphatic heterocycles. The Morgan fingerprint density at radius 3 is 2.83 bits per heavy atom. The number of nitrogens with one attached hydrogen (secondary N) is 1. The van der Waals surface area contributed by atoms with E-state index in [9.17, 15) is 0 Å². The van der Waals surface area contributed by atoms with E-state index in [1.165, 1.54) is 0 Å². The van der Waals surface area contributed by atoms with Crippen molar-refractivity contribution in [2.75, 3.05) is 6.54 Å². The van der Waals surface area contributed by atoms with Crippen molar-refractivity contribution in [3.05, 3.63) is 0 Å². The molecule has 0 amide bonds. The van der Waals surface area contributed by atoms with Crippen molar-refractivity contribution >= 4 is 5.96 Å². The molecule has 0 aromatic rings. The highest BCUT2D eigenvalue weighted by Crippen LogP contribution is 1.86. The predicted octanol–water partition coefficient (Wildman–Crippen LogP) is 0.713. The van der Waals surface area contributed by atoms with Crippen molar-refractivity contribution in [3.8, 4) is 12.3 Å². The number of nitrogens with two attached hydrogens (primary N) is 1.